The van der Waals surface area contributed by atoms with E-state index >= 15 is 0 Å². The number of thioether (sulfide) groups is 1. The highest BCUT2D eigenvalue weighted by Crippen LogP contribution is 2.32. The van der Waals surface area contributed by atoms with E-state index in [1.165, 1.54) is 13.0 Å². The van der Waals surface area contributed by atoms with E-state index in [0.29, 0.717) is 10.9 Å². The lowest BCUT2D eigenvalue weighted by Crippen LogP contribution is -2.07. The van der Waals surface area contributed by atoms with Gasteiger partial charge in [-0.05, 0) is 18.1 Å². The lowest BCUT2D eigenvalue weighted by molar-refractivity contribution is -0.114. The van der Waals surface area contributed by atoms with Gasteiger partial charge in [-0.25, -0.2) is 4.39 Å². The highest BCUT2D eigenvalue weighted by atomic mass is 35.5. The first kappa shape index (κ1) is 14.3. The third-order valence-electron chi connectivity index (χ3n) is 1.90. The molecule has 1 aromatic rings. The normalized spacial score (nSPS) is 10.7. The standard InChI is InChI=1S/C12H15ClFNOS/c1-7(2)6-17-12-5-11(15-8(3)16)10(14)4-9(12)13/h4-5,7H,6H2,1-3H3,(H,15,16). The summed E-state index contributed by atoms with van der Waals surface area (Å²) < 4.78 is 13.5. The fourth-order valence-electron chi connectivity index (χ4n) is 1.18. The highest BCUT2D eigenvalue weighted by molar-refractivity contribution is 7.99. The minimum Gasteiger partial charge on any atom is -0.324 e. The fourth-order valence-corrected chi connectivity index (χ4v) is 2.41. The minimum atomic E-state index is -0.515. The number of halogens is 2. The quantitative estimate of drug-likeness (QED) is 0.835. The van der Waals surface area contributed by atoms with Crippen LogP contribution in [0.15, 0.2) is 17.0 Å². The third kappa shape index (κ3) is 4.56. The van der Waals surface area contributed by atoms with Gasteiger partial charge in [0.1, 0.15) is 5.82 Å². The van der Waals surface area contributed by atoms with E-state index in [9.17, 15) is 9.18 Å². The Morgan fingerprint density at radius 1 is 1.53 bits per heavy atom. The van der Waals surface area contributed by atoms with Gasteiger partial charge >= 0.3 is 0 Å². The summed E-state index contributed by atoms with van der Waals surface area (Å²) in [4.78, 5) is 11.7. The van der Waals surface area contributed by atoms with Crippen LogP contribution in [-0.2, 0) is 4.79 Å². The fraction of sp³-hybridized carbons (Fsp3) is 0.417. The predicted octanol–water partition coefficient (Wildman–Crippen LogP) is 4.19. The van der Waals surface area contributed by atoms with Gasteiger partial charge < -0.3 is 5.32 Å². The van der Waals surface area contributed by atoms with Crippen molar-refractivity contribution < 1.29 is 9.18 Å². The van der Waals surface area contributed by atoms with E-state index < -0.39 is 5.82 Å². The number of amides is 1. The van der Waals surface area contributed by atoms with E-state index in [1.807, 2.05) is 0 Å². The maximum Gasteiger partial charge on any atom is 0.221 e. The molecule has 0 radical (unpaired) electrons. The molecule has 0 atom stereocenters. The minimum absolute atomic E-state index is 0.174. The Balaban J connectivity index is 2.93. The molecule has 1 aromatic carbocycles. The van der Waals surface area contributed by atoms with Crippen LogP contribution in [0.5, 0.6) is 0 Å². The van der Waals surface area contributed by atoms with Crippen molar-refractivity contribution in [3.8, 4) is 0 Å². The summed E-state index contributed by atoms with van der Waals surface area (Å²) in [6.07, 6.45) is 0. The number of hydrogen-bond acceptors (Lipinski definition) is 2. The molecule has 0 fully saturated rings. The van der Waals surface area contributed by atoms with Gasteiger partial charge in [-0.2, -0.15) is 0 Å². The Morgan fingerprint density at radius 3 is 2.71 bits per heavy atom. The first-order valence-electron chi connectivity index (χ1n) is 5.29. The van der Waals surface area contributed by atoms with Crippen LogP contribution in [0.25, 0.3) is 0 Å². The smallest absolute Gasteiger partial charge is 0.221 e. The van der Waals surface area contributed by atoms with Crippen LogP contribution >= 0.6 is 23.4 Å². The highest BCUT2D eigenvalue weighted by Gasteiger charge is 2.10. The molecule has 0 bridgehead atoms. The van der Waals surface area contributed by atoms with Gasteiger partial charge in [0.25, 0.3) is 0 Å². The molecule has 0 aromatic heterocycles. The number of carbonyl (C=O) groups excluding carboxylic acids is 1. The SMILES string of the molecule is CC(=O)Nc1cc(SCC(C)C)c(Cl)cc1F. The molecule has 0 unspecified atom stereocenters. The molecule has 0 aliphatic rings. The number of rotatable bonds is 4. The Kier molecular flexibility index (Phi) is 5.28. The zero-order valence-electron chi connectivity index (χ0n) is 10.0. The van der Waals surface area contributed by atoms with Gasteiger partial charge in [-0.15, -0.1) is 11.8 Å². The molecule has 1 rings (SSSR count). The van der Waals surface area contributed by atoms with Gasteiger partial charge in [0.15, 0.2) is 0 Å². The second-order valence-corrected chi connectivity index (χ2v) is 5.62. The van der Waals surface area contributed by atoms with Crippen LogP contribution in [-0.4, -0.2) is 11.7 Å². The molecule has 17 heavy (non-hydrogen) atoms. The van der Waals surface area contributed by atoms with E-state index in [1.54, 1.807) is 17.8 Å². The summed E-state index contributed by atoms with van der Waals surface area (Å²) in [7, 11) is 0. The Bertz CT molecular complexity index is 423. The van der Waals surface area contributed by atoms with Crippen LogP contribution < -0.4 is 5.32 Å². The number of nitrogens with one attached hydrogen (secondary N) is 1. The van der Waals surface area contributed by atoms with Crippen molar-refractivity contribution >= 4 is 35.0 Å². The summed E-state index contributed by atoms with van der Waals surface area (Å²) in [6.45, 7) is 5.54. The summed E-state index contributed by atoms with van der Waals surface area (Å²) in [5, 5.41) is 2.82. The largest absolute Gasteiger partial charge is 0.324 e. The van der Waals surface area contributed by atoms with E-state index in [0.717, 1.165) is 10.6 Å². The van der Waals surface area contributed by atoms with Crippen molar-refractivity contribution in [1.29, 1.82) is 0 Å². The van der Waals surface area contributed by atoms with Crippen molar-refractivity contribution in [2.45, 2.75) is 25.7 Å². The topological polar surface area (TPSA) is 29.1 Å². The zero-order chi connectivity index (χ0) is 13.0. The molecule has 94 valence electrons. The van der Waals surface area contributed by atoms with Crippen molar-refractivity contribution in [3.63, 3.8) is 0 Å². The summed E-state index contributed by atoms with van der Waals surface area (Å²) in [5.41, 5.74) is 0.174. The molecular formula is C12H15ClFNOS. The summed E-state index contributed by atoms with van der Waals surface area (Å²) in [5.74, 6) is 0.598. The molecule has 1 amide bonds. The Hall–Kier alpha value is -0.740. The molecule has 0 saturated heterocycles. The average molecular weight is 276 g/mol. The zero-order valence-corrected chi connectivity index (χ0v) is 11.6. The van der Waals surface area contributed by atoms with Crippen LogP contribution in [0.3, 0.4) is 0 Å². The van der Waals surface area contributed by atoms with Crippen LogP contribution in [0.4, 0.5) is 10.1 Å². The van der Waals surface area contributed by atoms with Gasteiger partial charge in [0, 0.05) is 17.6 Å². The molecule has 0 spiro atoms. The monoisotopic (exact) mass is 275 g/mol. The lowest BCUT2D eigenvalue weighted by atomic mass is 10.3. The van der Waals surface area contributed by atoms with Crippen molar-refractivity contribution in [2.75, 3.05) is 11.1 Å². The lowest BCUT2D eigenvalue weighted by Gasteiger charge is -2.10. The van der Waals surface area contributed by atoms with Gasteiger partial charge in [-0.3, -0.25) is 4.79 Å². The van der Waals surface area contributed by atoms with Crippen molar-refractivity contribution in [3.05, 3.63) is 23.0 Å². The maximum absolute atomic E-state index is 13.5. The average Bonchev–Trinajstić information content (AvgIpc) is 2.19. The number of carbonyl (C=O) groups is 1. The third-order valence-corrected chi connectivity index (χ3v) is 3.81. The Labute approximate surface area is 110 Å². The summed E-state index contributed by atoms with van der Waals surface area (Å²) in [6, 6.07) is 2.81. The predicted molar refractivity (Wildman–Crippen MR) is 71.3 cm³/mol. The van der Waals surface area contributed by atoms with Crippen molar-refractivity contribution in [1.82, 2.24) is 0 Å². The first-order chi connectivity index (χ1) is 7.90. The van der Waals surface area contributed by atoms with Gasteiger partial charge in [-0.1, -0.05) is 25.4 Å². The molecule has 5 heteroatoms. The van der Waals surface area contributed by atoms with E-state index in [4.69, 9.17) is 11.6 Å². The molecule has 0 saturated carbocycles. The molecule has 0 heterocycles. The van der Waals surface area contributed by atoms with Gasteiger partial charge in [0.2, 0.25) is 5.91 Å². The molecule has 1 N–H and O–H groups in total. The molecular weight excluding hydrogens is 261 g/mol. The maximum atomic E-state index is 13.5. The van der Waals surface area contributed by atoms with Gasteiger partial charge in [0.05, 0.1) is 10.7 Å². The van der Waals surface area contributed by atoms with Crippen LogP contribution in [0.1, 0.15) is 20.8 Å². The molecule has 0 aliphatic carbocycles. The first-order valence-corrected chi connectivity index (χ1v) is 6.66. The number of hydrogen-bond donors (Lipinski definition) is 1. The summed E-state index contributed by atoms with van der Waals surface area (Å²) >= 11 is 7.50. The van der Waals surface area contributed by atoms with Crippen LogP contribution in [0, 0.1) is 11.7 Å². The Morgan fingerprint density at radius 2 is 2.18 bits per heavy atom. The molecule has 2 nitrogen and oxygen atoms in total. The second kappa shape index (κ2) is 6.26. The molecule has 0 aliphatic heterocycles. The van der Waals surface area contributed by atoms with Crippen LogP contribution in [0.2, 0.25) is 5.02 Å². The van der Waals surface area contributed by atoms with E-state index in [-0.39, 0.29) is 11.6 Å². The second-order valence-electron chi connectivity index (χ2n) is 4.15. The van der Waals surface area contributed by atoms with Crippen molar-refractivity contribution in [2.24, 2.45) is 5.92 Å². The van der Waals surface area contributed by atoms with E-state index in [2.05, 4.69) is 19.2 Å². The number of benzene rings is 1. The number of anilines is 1.